The molecule has 3 aromatic rings. The van der Waals surface area contributed by atoms with Crippen LogP contribution in [0.3, 0.4) is 0 Å². The van der Waals surface area contributed by atoms with Crippen LogP contribution < -0.4 is 14.8 Å². The summed E-state index contributed by atoms with van der Waals surface area (Å²) in [5.74, 6) is 0.156. The van der Waals surface area contributed by atoms with Crippen molar-refractivity contribution in [2.45, 2.75) is 26.6 Å². The molecule has 0 aliphatic carbocycles. The largest absolute Gasteiger partial charge is 0.481 e. The molecule has 1 atom stereocenters. The van der Waals surface area contributed by atoms with Crippen molar-refractivity contribution in [1.82, 2.24) is 4.98 Å². The average Bonchev–Trinajstić information content (AvgIpc) is 3.08. The molecule has 2 aromatic carbocycles. The molecule has 3 rings (SSSR count). The summed E-state index contributed by atoms with van der Waals surface area (Å²) < 4.78 is 34.5. The van der Waals surface area contributed by atoms with Gasteiger partial charge in [0.25, 0.3) is 5.91 Å². The summed E-state index contributed by atoms with van der Waals surface area (Å²) >= 11 is 1.30. The minimum atomic E-state index is -2.88. The molecule has 1 N–H and O–H groups in total. The molecule has 0 saturated carbocycles. The second kappa shape index (κ2) is 9.33. The van der Waals surface area contributed by atoms with Crippen LogP contribution in [0.15, 0.2) is 48.5 Å². The van der Waals surface area contributed by atoms with Gasteiger partial charge in [-0.1, -0.05) is 0 Å². The Balaban J connectivity index is 1.65. The molecule has 30 heavy (non-hydrogen) atoms. The number of carbonyl (C=O) groups is 1. The summed E-state index contributed by atoms with van der Waals surface area (Å²) in [5.41, 5.74) is 1.85. The van der Waals surface area contributed by atoms with Crippen molar-refractivity contribution in [1.29, 1.82) is 5.26 Å². The minimum Gasteiger partial charge on any atom is -0.481 e. The van der Waals surface area contributed by atoms with Crippen LogP contribution in [0.25, 0.3) is 11.3 Å². The smallest absolute Gasteiger partial charge is 0.387 e. The number of anilines is 1. The van der Waals surface area contributed by atoms with Crippen LogP contribution in [-0.4, -0.2) is 23.6 Å². The first kappa shape index (κ1) is 21.2. The van der Waals surface area contributed by atoms with Gasteiger partial charge >= 0.3 is 6.61 Å². The molecule has 0 spiro atoms. The van der Waals surface area contributed by atoms with E-state index >= 15 is 0 Å². The molecule has 6 nitrogen and oxygen atoms in total. The van der Waals surface area contributed by atoms with Crippen molar-refractivity contribution >= 4 is 22.4 Å². The van der Waals surface area contributed by atoms with E-state index in [4.69, 9.17) is 10.00 Å². The number of carbonyl (C=O) groups excluding carboxylic acids is 1. The van der Waals surface area contributed by atoms with Crippen molar-refractivity contribution in [3.8, 4) is 28.8 Å². The van der Waals surface area contributed by atoms with E-state index in [-0.39, 0.29) is 11.7 Å². The third kappa shape index (κ3) is 5.30. The van der Waals surface area contributed by atoms with Crippen LogP contribution in [0, 0.1) is 18.3 Å². The topological polar surface area (TPSA) is 84.2 Å². The SMILES string of the molecule is Cc1sc(NC(=O)C(C)Oc2ccc(C#N)cc2)nc1-c1ccc(OC(F)F)cc1. The van der Waals surface area contributed by atoms with E-state index < -0.39 is 12.7 Å². The van der Waals surface area contributed by atoms with Crippen LogP contribution in [-0.2, 0) is 4.79 Å². The fourth-order valence-electron chi connectivity index (χ4n) is 2.58. The third-order valence-electron chi connectivity index (χ3n) is 4.05. The summed E-state index contributed by atoms with van der Waals surface area (Å²) in [6.07, 6.45) is -0.781. The summed E-state index contributed by atoms with van der Waals surface area (Å²) in [6, 6.07) is 14.6. The number of nitriles is 1. The van der Waals surface area contributed by atoms with E-state index in [0.717, 1.165) is 4.88 Å². The monoisotopic (exact) mass is 429 g/mol. The standard InChI is InChI=1S/C21H17F2N3O3S/c1-12(28-16-7-3-14(11-24)4-8-16)19(27)26-21-25-18(13(2)30-21)15-5-9-17(10-6-15)29-20(22)23/h3-10,12,20H,1-2H3,(H,25,26,27). The lowest BCUT2D eigenvalue weighted by Gasteiger charge is -2.13. The molecular formula is C21H17F2N3O3S. The summed E-state index contributed by atoms with van der Waals surface area (Å²) in [4.78, 5) is 17.7. The van der Waals surface area contributed by atoms with Crippen molar-refractivity contribution in [2.75, 3.05) is 5.32 Å². The molecule has 1 unspecified atom stereocenters. The molecule has 0 radical (unpaired) electrons. The number of ether oxygens (including phenoxy) is 2. The van der Waals surface area contributed by atoms with E-state index in [2.05, 4.69) is 15.0 Å². The maximum atomic E-state index is 12.4. The fourth-order valence-corrected chi connectivity index (χ4v) is 3.42. The molecule has 0 fully saturated rings. The van der Waals surface area contributed by atoms with Gasteiger partial charge < -0.3 is 9.47 Å². The van der Waals surface area contributed by atoms with Gasteiger partial charge in [0.05, 0.1) is 17.3 Å². The van der Waals surface area contributed by atoms with Crippen LogP contribution in [0.2, 0.25) is 0 Å². The number of nitrogens with one attached hydrogen (secondary N) is 1. The van der Waals surface area contributed by atoms with E-state index in [1.807, 2.05) is 13.0 Å². The molecule has 0 bridgehead atoms. The number of nitrogens with zero attached hydrogens (tertiary/aromatic N) is 2. The Kier molecular flexibility index (Phi) is 6.59. The number of rotatable bonds is 7. The molecule has 1 heterocycles. The zero-order valence-corrected chi connectivity index (χ0v) is 16.9. The summed E-state index contributed by atoms with van der Waals surface area (Å²) in [7, 11) is 0. The fraction of sp³-hybridized carbons (Fsp3) is 0.190. The van der Waals surface area contributed by atoms with Crippen LogP contribution >= 0.6 is 11.3 Å². The number of alkyl halides is 2. The lowest BCUT2D eigenvalue weighted by molar-refractivity contribution is -0.122. The van der Waals surface area contributed by atoms with Gasteiger partial charge in [0.15, 0.2) is 11.2 Å². The highest BCUT2D eigenvalue weighted by Crippen LogP contribution is 2.31. The molecule has 9 heteroatoms. The van der Waals surface area contributed by atoms with Crippen molar-refractivity contribution in [3.63, 3.8) is 0 Å². The number of hydrogen-bond donors (Lipinski definition) is 1. The Morgan fingerprint density at radius 2 is 1.70 bits per heavy atom. The Labute approximate surface area is 175 Å². The van der Waals surface area contributed by atoms with Gasteiger partial charge in [0, 0.05) is 10.4 Å². The Morgan fingerprint density at radius 1 is 1.10 bits per heavy atom. The van der Waals surface area contributed by atoms with Crippen molar-refractivity contribution in [3.05, 3.63) is 59.0 Å². The highest BCUT2D eigenvalue weighted by molar-refractivity contribution is 7.16. The van der Waals surface area contributed by atoms with E-state index in [1.165, 1.54) is 23.5 Å². The second-order valence-corrected chi connectivity index (χ2v) is 7.42. The predicted molar refractivity (Wildman–Crippen MR) is 109 cm³/mol. The molecule has 154 valence electrons. The third-order valence-corrected chi connectivity index (χ3v) is 4.93. The maximum absolute atomic E-state index is 12.4. The number of hydrogen-bond acceptors (Lipinski definition) is 6. The molecule has 1 amide bonds. The highest BCUT2D eigenvalue weighted by atomic mass is 32.1. The number of aromatic nitrogens is 1. The molecular weight excluding hydrogens is 412 g/mol. The van der Waals surface area contributed by atoms with E-state index in [1.54, 1.807) is 43.3 Å². The maximum Gasteiger partial charge on any atom is 0.387 e. The highest BCUT2D eigenvalue weighted by Gasteiger charge is 2.18. The predicted octanol–water partition coefficient (Wildman–Crippen LogP) is 5.00. The van der Waals surface area contributed by atoms with Crippen LogP contribution in [0.1, 0.15) is 17.4 Å². The summed E-state index contributed by atoms with van der Waals surface area (Å²) in [6.45, 7) is 0.576. The molecule has 1 aromatic heterocycles. The number of thiazole rings is 1. The van der Waals surface area contributed by atoms with Gasteiger partial charge in [-0.3, -0.25) is 10.1 Å². The lowest BCUT2D eigenvalue weighted by Crippen LogP contribution is -2.30. The number of benzene rings is 2. The van der Waals surface area contributed by atoms with Gasteiger partial charge in [-0.05, 0) is 62.4 Å². The van der Waals surface area contributed by atoms with Gasteiger partial charge in [0.1, 0.15) is 11.5 Å². The molecule has 0 aliphatic heterocycles. The van der Waals surface area contributed by atoms with Crippen molar-refractivity contribution < 1.29 is 23.0 Å². The number of amides is 1. The number of aryl methyl sites for hydroxylation is 1. The van der Waals surface area contributed by atoms with Crippen LogP contribution in [0.4, 0.5) is 13.9 Å². The Hall–Kier alpha value is -3.51. The first-order chi connectivity index (χ1) is 14.4. The molecule has 0 saturated heterocycles. The van der Waals surface area contributed by atoms with Gasteiger partial charge in [-0.2, -0.15) is 14.0 Å². The van der Waals surface area contributed by atoms with Gasteiger partial charge in [-0.25, -0.2) is 4.98 Å². The van der Waals surface area contributed by atoms with E-state index in [9.17, 15) is 13.6 Å². The first-order valence-corrected chi connectivity index (χ1v) is 9.67. The normalized spacial score (nSPS) is 11.6. The number of halogens is 2. The minimum absolute atomic E-state index is 0.0592. The first-order valence-electron chi connectivity index (χ1n) is 8.86. The summed E-state index contributed by atoms with van der Waals surface area (Å²) in [5, 5.41) is 11.9. The lowest BCUT2D eigenvalue weighted by atomic mass is 10.1. The Morgan fingerprint density at radius 3 is 2.30 bits per heavy atom. The van der Waals surface area contributed by atoms with Crippen LogP contribution in [0.5, 0.6) is 11.5 Å². The molecule has 0 aliphatic rings. The van der Waals surface area contributed by atoms with Gasteiger partial charge in [0.2, 0.25) is 0 Å². The zero-order valence-electron chi connectivity index (χ0n) is 16.1. The quantitative estimate of drug-likeness (QED) is 0.572. The van der Waals surface area contributed by atoms with E-state index in [0.29, 0.717) is 27.7 Å². The Bertz CT molecular complexity index is 1060. The zero-order chi connectivity index (χ0) is 21.7. The average molecular weight is 429 g/mol. The van der Waals surface area contributed by atoms with Crippen molar-refractivity contribution in [2.24, 2.45) is 0 Å². The van der Waals surface area contributed by atoms with Gasteiger partial charge in [-0.15, -0.1) is 11.3 Å². The second-order valence-electron chi connectivity index (χ2n) is 6.21.